The van der Waals surface area contributed by atoms with Gasteiger partial charge in [0.25, 0.3) is 0 Å². The maximum absolute atomic E-state index is 12.9. The van der Waals surface area contributed by atoms with E-state index in [-0.39, 0.29) is 11.8 Å². The lowest BCUT2D eigenvalue weighted by Gasteiger charge is -2.34. The van der Waals surface area contributed by atoms with Crippen molar-refractivity contribution >= 4 is 17.4 Å². The van der Waals surface area contributed by atoms with E-state index in [1.54, 1.807) is 18.0 Å². The molecule has 0 saturated heterocycles. The van der Waals surface area contributed by atoms with E-state index >= 15 is 0 Å². The summed E-state index contributed by atoms with van der Waals surface area (Å²) in [5, 5.41) is 4.62. The third kappa shape index (κ3) is 2.56. The van der Waals surface area contributed by atoms with Crippen LogP contribution in [0.2, 0.25) is 5.02 Å². The zero-order chi connectivity index (χ0) is 14.0. The molecule has 5 heteroatoms. The molecule has 0 aliphatic heterocycles. The van der Waals surface area contributed by atoms with Gasteiger partial charge in [0.2, 0.25) is 5.78 Å². The summed E-state index contributed by atoms with van der Waals surface area (Å²) in [6.45, 7) is 3.97. The lowest BCUT2D eigenvalue weighted by molar-refractivity contribution is -0.0202. The minimum Gasteiger partial charge on any atom is -0.370 e. The molecule has 1 fully saturated rings. The van der Waals surface area contributed by atoms with Crippen molar-refractivity contribution in [2.24, 2.45) is 0 Å². The number of Topliss-reactive ketones (excluding diaryl/α,β-unsaturated/α-hetero) is 1. The first kappa shape index (κ1) is 14.5. The molecule has 0 aromatic carbocycles. The highest BCUT2D eigenvalue weighted by atomic mass is 35.5. The Morgan fingerprint density at radius 2 is 2.05 bits per heavy atom. The molecule has 1 heterocycles. The van der Waals surface area contributed by atoms with Gasteiger partial charge in [0, 0.05) is 13.2 Å². The molecular weight excluding hydrogens is 264 g/mol. The number of hydrogen-bond acceptors (Lipinski definition) is 3. The Morgan fingerprint density at radius 3 is 2.58 bits per heavy atom. The molecule has 1 saturated carbocycles. The minimum atomic E-state index is -0.714. The number of methoxy groups -OCH3 is 1. The summed E-state index contributed by atoms with van der Waals surface area (Å²) in [6, 6.07) is 0.101. The van der Waals surface area contributed by atoms with Crippen LogP contribution in [0.5, 0.6) is 0 Å². The predicted molar refractivity (Wildman–Crippen MR) is 74.8 cm³/mol. The second-order valence-corrected chi connectivity index (χ2v) is 5.87. The van der Waals surface area contributed by atoms with Crippen molar-refractivity contribution in [3.05, 3.63) is 16.9 Å². The largest absolute Gasteiger partial charge is 0.370 e. The van der Waals surface area contributed by atoms with Crippen LogP contribution in [0.25, 0.3) is 0 Å². The number of rotatable bonds is 4. The van der Waals surface area contributed by atoms with Crippen LogP contribution in [0.3, 0.4) is 0 Å². The van der Waals surface area contributed by atoms with E-state index in [0.717, 1.165) is 32.1 Å². The molecule has 0 N–H and O–H groups in total. The van der Waals surface area contributed by atoms with E-state index in [9.17, 15) is 4.79 Å². The minimum absolute atomic E-state index is 0.0223. The topological polar surface area (TPSA) is 44.1 Å². The van der Waals surface area contributed by atoms with Gasteiger partial charge >= 0.3 is 0 Å². The Morgan fingerprint density at radius 1 is 1.42 bits per heavy atom. The third-order valence-corrected chi connectivity index (χ3v) is 4.20. The first-order valence-corrected chi connectivity index (χ1v) is 7.22. The summed E-state index contributed by atoms with van der Waals surface area (Å²) in [7, 11) is 1.62. The molecule has 19 heavy (non-hydrogen) atoms. The van der Waals surface area contributed by atoms with Gasteiger partial charge in [-0.1, -0.05) is 30.9 Å². The summed E-state index contributed by atoms with van der Waals surface area (Å²) >= 11 is 6.16. The number of aromatic nitrogens is 2. The Labute approximate surface area is 119 Å². The molecule has 0 bridgehead atoms. The lowest BCUT2D eigenvalue weighted by Crippen LogP contribution is -2.43. The summed E-state index contributed by atoms with van der Waals surface area (Å²) in [5.74, 6) is -0.0223. The van der Waals surface area contributed by atoms with E-state index in [2.05, 4.69) is 5.10 Å². The van der Waals surface area contributed by atoms with Gasteiger partial charge in [0.1, 0.15) is 11.3 Å². The SMILES string of the molecule is COC1(C(=O)c2c(Cl)cnn2C(C)C)CCCCC1. The molecule has 0 unspecified atom stereocenters. The van der Waals surface area contributed by atoms with Crippen LogP contribution in [0.4, 0.5) is 0 Å². The van der Waals surface area contributed by atoms with E-state index in [4.69, 9.17) is 16.3 Å². The number of hydrogen-bond donors (Lipinski definition) is 0. The van der Waals surface area contributed by atoms with Gasteiger partial charge in [-0.05, 0) is 26.7 Å². The van der Waals surface area contributed by atoms with Gasteiger partial charge in [-0.2, -0.15) is 5.10 Å². The smallest absolute Gasteiger partial charge is 0.214 e. The Bertz CT molecular complexity index is 462. The van der Waals surface area contributed by atoms with Gasteiger partial charge < -0.3 is 4.74 Å². The zero-order valence-electron chi connectivity index (χ0n) is 11.8. The molecule has 1 aliphatic rings. The molecule has 0 atom stereocenters. The maximum atomic E-state index is 12.9. The van der Waals surface area contributed by atoms with E-state index in [1.807, 2.05) is 13.8 Å². The summed E-state index contributed by atoms with van der Waals surface area (Å²) in [5.41, 5.74) is -0.227. The number of nitrogens with zero attached hydrogens (tertiary/aromatic N) is 2. The number of ketones is 1. The van der Waals surface area contributed by atoms with Gasteiger partial charge in [0.05, 0.1) is 11.2 Å². The van der Waals surface area contributed by atoms with Crippen LogP contribution in [-0.4, -0.2) is 28.3 Å². The highest BCUT2D eigenvalue weighted by Crippen LogP contribution is 2.36. The van der Waals surface area contributed by atoms with Crippen molar-refractivity contribution in [3.63, 3.8) is 0 Å². The van der Waals surface area contributed by atoms with Crippen molar-refractivity contribution in [1.82, 2.24) is 9.78 Å². The van der Waals surface area contributed by atoms with Crippen molar-refractivity contribution < 1.29 is 9.53 Å². The highest BCUT2D eigenvalue weighted by molar-refractivity contribution is 6.34. The molecule has 1 aromatic rings. The summed E-state index contributed by atoms with van der Waals surface area (Å²) in [4.78, 5) is 12.9. The molecule has 1 aromatic heterocycles. The average Bonchev–Trinajstić information content (AvgIpc) is 2.80. The molecular formula is C14H21ClN2O2. The van der Waals surface area contributed by atoms with Crippen LogP contribution in [0, 0.1) is 0 Å². The highest BCUT2D eigenvalue weighted by Gasteiger charge is 2.42. The molecule has 106 valence electrons. The average molecular weight is 285 g/mol. The van der Waals surface area contributed by atoms with Crippen LogP contribution < -0.4 is 0 Å². The van der Waals surface area contributed by atoms with Crippen LogP contribution in [-0.2, 0) is 4.74 Å². The number of ether oxygens (including phenoxy) is 1. The van der Waals surface area contributed by atoms with Crippen molar-refractivity contribution in [1.29, 1.82) is 0 Å². The first-order chi connectivity index (χ1) is 9.02. The Balaban J connectivity index is 2.40. The van der Waals surface area contributed by atoms with E-state index in [1.165, 1.54) is 0 Å². The summed E-state index contributed by atoms with van der Waals surface area (Å²) < 4.78 is 7.30. The zero-order valence-corrected chi connectivity index (χ0v) is 12.5. The lowest BCUT2D eigenvalue weighted by atomic mass is 9.80. The number of carbonyl (C=O) groups is 1. The standard InChI is InChI=1S/C14H21ClN2O2/c1-10(2)17-12(11(15)9-16-17)13(18)14(19-3)7-5-4-6-8-14/h9-10H,4-8H2,1-3H3. The van der Waals surface area contributed by atoms with Gasteiger partial charge in [-0.3, -0.25) is 9.48 Å². The van der Waals surface area contributed by atoms with Crippen LogP contribution >= 0.6 is 11.6 Å². The second kappa shape index (κ2) is 5.63. The van der Waals surface area contributed by atoms with Gasteiger partial charge in [-0.15, -0.1) is 0 Å². The normalized spacial score (nSPS) is 18.8. The quantitative estimate of drug-likeness (QED) is 0.793. The first-order valence-electron chi connectivity index (χ1n) is 6.85. The molecule has 2 rings (SSSR count). The fraction of sp³-hybridized carbons (Fsp3) is 0.714. The van der Waals surface area contributed by atoms with Gasteiger partial charge in [-0.25, -0.2) is 0 Å². The van der Waals surface area contributed by atoms with Crippen LogP contribution in [0.15, 0.2) is 6.20 Å². The fourth-order valence-corrected chi connectivity index (χ4v) is 3.02. The Kier molecular flexibility index (Phi) is 4.31. The monoisotopic (exact) mass is 284 g/mol. The fourth-order valence-electron chi connectivity index (χ4n) is 2.81. The maximum Gasteiger partial charge on any atom is 0.214 e. The molecule has 0 spiro atoms. The number of halogens is 1. The van der Waals surface area contributed by atoms with E-state index < -0.39 is 5.60 Å². The summed E-state index contributed by atoms with van der Waals surface area (Å²) in [6.07, 6.45) is 6.28. The van der Waals surface area contributed by atoms with Gasteiger partial charge in [0.15, 0.2) is 0 Å². The van der Waals surface area contributed by atoms with Crippen molar-refractivity contribution in [3.8, 4) is 0 Å². The predicted octanol–water partition coefficient (Wildman–Crippen LogP) is 3.65. The molecule has 1 aliphatic carbocycles. The van der Waals surface area contributed by atoms with Crippen LogP contribution in [0.1, 0.15) is 62.5 Å². The van der Waals surface area contributed by atoms with E-state index in [0.29, 0.717) is 10.7 Å². The third-order valence-electron chi connectivity index (χ3n) is 3.92. The molecule has 0 radical (unpaired) electrons. The van der Waals surface area contributed by atoms with Crippen molar-refractivity contribution in [2.45, 2.75) is 57.6 Å². The molecule has 4 nitrogen and oxygen atoms in total. The molecule has 0 amide bonds. The van der Waals surface area contributed by atoms with Crippen molar-refractivity contribution in [2.75, 3.05) is 7.11 Å². The Hall–Kier alpha value is -0.870. The number of carbonyl (C=O) groups excluding carboxylic acids is 1. The second-order valence-electron chi connectivity index (χ2n) is 5.47.